The molecular formula is C16H25NO. The Morgan fingerprint density at radius 3 is 3.17 bits per heavy atom. The van der Waals surface area contributed by atoms with E-state index in [2.05, 4.69) is 11.8 Å². The SMILES string of the molecule is C[C@H]1C[C@@H]2CC3=C(CCCO3)[C@]3(CCCCN23)C1. The molecule has 0 spiro atoms. The van der Waals surface area contributed by atoms with Gasteiger partial charge < -0.3 is 4.74 Å². The van der Waals surface area contributed by atoms with Gasteiger partial charge in [0.25, 0.3) is 0 Å². The molecule has 0 aromatic carbocycles. The zero-order chi connectivity index (χ0) is 12.2. The van der Waals surface area contributed by atoms with E-state index in [0.717, 1.165) is 18.6 Å². The summed E-state index contributed by atoms with van der Waals surface area (Å²) in [7, 11) is 0. The monoisotopic (exact) mass is 247 g/mol. The molecule has 2 heteroatoms. The lowest BCUT2D eigenvalue weighted by Crippen LogP contribution is -2.64. The largest absolute Gasteiger partial charge is 0.498 e. The van der Waals surface area contributed by atoms with E-state index in [1.807, 2.05) is 0 Å². The van der Waals surface area contributed by atoms with Gasteiger partial charge in [-0.25, -0.2) is 0 Å². The van der Waals surface area contributed by atoms with Crippen molar-refractivity contribution in [3.8, 4) is 0 Å². The quantitative estimate of drug-likeness (QED) is 0.650. The molecule has 0 aromatic heterocycles. The second-order valence-corrected chi connectivity index (χ2v) is 6.94. The summed E-state index contributed by atoms with van der Waals surface area (Å²) in [5.74, 6) is 2.32. The molecule has 4 aliphatic rings. The van der Waals surface area contributed by atoms with E-state index in [1.54, 1.807) is 5.57 Å². The number of nitrogens with zero attached hydrogens (tertiary/aromatic N) is 1. The van der Waals surface area contributed by atoms with Crippen LogP contribution in [0.1, 0.15) is 58.3 Å². The zero-order valence-electron chi connectivity index (χ0n) is 11.6. The lowest BCUT2D eigenvalue weighted by molar-refractivity contribution is -0.0566. The maximum Gasteiger partial charge on any atom is 0.0985 e. The van der Waals surface area contributed by atoms with Gasteiger partial charge in [0.2, 0.25) is 0 Å². The molecule has 2 bridgehead atoms. The Hall–Kier alpha value is -0.500. The molecule has 18 heavy (non-hydrogen) atoms. The van der Waals surface area contributed by atoms with Gasteiger partial charge in [-0.05, 0) is 63.0 Å². The number of hydrogen-bond donors (Lipinski definition) is 0. The lowest BCUT2D eigenvalue weighted by Gasteiger charge is -2.60. The molecule has 4 heterocycles. The molecule has 0 aliphatic carbocycles. The molecule has 4 aliphatic heterocycles. The highest BCUT2D eigenvalue weighted by atomic mass is 16.5. The fraction of sp³-hybridized carbons (Fsp3) is 0.875. The number of piperidine rings is 2. The first-order valence-electron chi connectivity index (χ1n) is 7.92. The lowest BCUT2D eigenvalue weighted by atomic mass is 9.64. The topological polar surface area (TPSA) is 12.5 Å². The summed E-state index contributed by atoms with van der Waals surface area (Å²) in [6, 6.07) is 0.783. The zero-order valence-corrected chi connectivity index (χ0v) is 11.6. The van der Waals surface area contributed by atoms with Gasteiger partial charge in [0.1, 0.15) is 0 Å². The summed E-state index contributed by atoms with van der Waals surface area (Å²) < 4.78 is 6.05. The van der Waals surface area contributed by atoms with Gasteiger partial charge in [-0.2, -0.15) is 0 Å². The molecule has 0 unspecified atom stereocenters. The highest BCUT2D eigenvalue weighted by Crippen LogP contribution is 2.53. The maximum atomic E-state index is 6.05. The van der Waals surface area contributed by atoms with E-state index < -0.39 is 0 Å². The van der Waals surface area contributed by atoms with E-state index in [1.165, 1.54) is 63.7 Å². The van der Waals surface area contributed by atoms with Crippen LogP contribution in [0.25, 0.3) is 0 Å². The van der Waals surface area contributed by atoms with Crippen LogP contribution >= 0.6 is 0 Å². The molecule has 2 fully saturated rings. The summed E-state index contributed by atoms with van der Waals surface area (Å²) >= 11 is 0. The first-order valence-corrected chi connectivity index (χ1v) is 7.92. The second kappa shape index (κ2) is 4.00. The third-order valence-electron chi connectivity index (χ3n) is 5.76. The fourth-order valence-corrected chi connectivity index (χ4v) is 5.26. The van der Waals surface area contributed by atoms with E-state index in [9.17, 15) is 0 Å². The number of hydrogen-bond acceptors (Lipinski definition) is 2. The van der Waals surface area contributed by atoms with Crippen LogP contribution in [0.5, 0.6) is 0 Å². The van der Waals surface area contributed by atoms with E-state index in [-0.39, 0.29) is 0 Å². The van der Waals surface area contributed by atoms with Crippen LogP contribution in [0.4, 0.5) is 0 Å². The average Bonchev–Trinajstić information content (AvgIpc) is 2.38. The van der Waals surface area contributed by atoms with Crippen molar-refractivity contribution < 1.29 is 4.74 Å². The van der Waals surface area contributed by atoms with Crippen molar-refractivity contribution in [1.29, 1.82) is 0 Å². The first kappa shape index (κ1) is 11.3. The normalized spacial score (nSPS) is 44.1. The summed E-state index contributed by atoms with van der Waals surface area (Å²) in [4.78, 5) is 2.89. The van der Waals surface area contributed by atoms with Crippen molar-refractivity contribution in [3.05, 3.63) is 11.3 Å². The molecule has 0 aromatic rings. The van der Waals surface area contributed by atoms with Crippen LogP contribution in [-0.2, 0) is 4.74 Å². The molecular weight excluding hydrogens is 222 g/mol. The average molecular weight is 247 g/mol. The van der Waals surface area contributed by atoms with Crippen LogP contribution in [-0.4, -0.2) is 29.6 Å². The Bertz CT molecular complexity index is 389. The third-order valence-corrected chi connectivity index (χ3v) is 5.76. The van der Waals surface area contributed by atoms with Crippen LogP contribution in [0.3, 0.4) is 0 Å². The van der Waals surface area contributed by atoms with Crippen LogP contribution in [0.15, 0.2) is 11.3 Å². The van der Waals surface area contributed by atoms with Gasteiger partial charge in [-0.15, -0.1) is 0 Å². The van der Waals surface area contributed by atoms with Gasteiger partial charge in [-0.1, -0.05) is 6.92 Å². The van der Waals surface area contributed by atoms with Crippen molar-refractivity contribution in [2.45, 2.75) is 69.9 Å². The molecule has 100 valence electrons. The molecule has 0 amide bonds. The van der Waals surface area contributed by atoms with Crippen molar-refractivity contribution in [3.63, 3.8) is 0 Å². The Balaban J connectivity index is 1.82. The summed E-state index contributed by atoms with van der Waals surface area (Å²) in [6.45, 7) is 4.78. The van der Waals surface area contributed by atoms with Gasteiger partial charge in [0.15, 0.2) is 0 Å². The van der Waals surface area contributed by atoms with Crippen LogP contribution in [0, 0.1) is 5.92 Å². The molecule has 3 atom stereocenters. The molecule has 4 rings (SSSR count). The first-order chi connectivity index (χ1) is 8.79. The van der Waals surface area contributed by atoms with Crippen molar-refractivity contribution >= 4 is 0 Å². The number of ether oxygens (including phenoxy) is 1. The minimum atomic E-state index is 0.425. The second-order valence-electron chi connectivity index (χ2n) is 6.94. The molecule has 0 saturated carbocycles. The van der Waals surface area contributed by atoms with E-state index in [0.29, 0.717) is 5.54 Å². The van der Waals surface area contributed by atoms with E-state index in [4.69, 9.17) is 4.74 Å². The Morgan fingerprint density at radius 2 is 2.22 bits per heavy atom. The minimum Gasteiger partial charge on any atom is -0.498 e. The smallest absolute Gasteiger partial charge is 0.0985 e. The van der Waals surface area contributed by atoms with Gasteiger partial charge in [-0.3, -0.25) is 4.90 Å². The van der Waals surface area contributed by atoms with Crippen molar-refractivity contribution in [2.75, 3.05) is 13.2 Å². The highest BCUT2D eigenvalue weighted by Gasteiger charge is 2.53. The Labute approximate surface area is 110 Å². The van der Waals surface area contributed by atoms with Gasteiger partial charge in [0.05, 0.1) is 12.4 Å². The molecule has 0 radical (unpaired) electrons. The summed E-state index contributed by atoms with van der Waals surface area (Å²) in [5, 5.41) is 0. The predicted molar refractivity (Wildman–Crippen MR) is 72.3 cm³/mol. The third kappa shape index (κ3) is 1.44. The van der Waals surface area contributed by atoms with Gasteiger partial charge in [0, 0.05) is 18.0 Å². The molecule has 2 nitrogen and oxygen atoms in total. The Morgan fingerprint density at radius 1 is 1.28 bits per heavy atom. The molecule has 0 N–H and O–H groups in total. The summed E-state index contributed by atoms with van der Waals surface area (Å²) in [5.41, 5.74) is 2.14. The molecule has 2 saturated heterocycles. The Kier molecular flexibility index (Phi) is 2.52. The summed E-state index contributed by atoms with van der Waals surface area (Å²) in [6.07, 6.45) is 10.8. The number of rotatable bonds is 0. The standard InChI is InChI=1S/C16H25NO/c1-12-9-13-10-15-14(5-4-8-18-15)16(11-12)6-2-3-7-17(13)16/h12-13H,2-11H2,1H3/t12-,13+,16-/m0/s1. The van der Waals surface area contributed by atoms with Crippen molar-refractivity contribution in [1.82, 2.24) is 4.90 Å². The van der Waals surface area contributed by atoms with Crippen molar-refractivity contribution in [2.24, 2.45) is 5.92 Å². The fourth-order valence-electron chi connectivity index (χ4n) is 5.26. The van der Waals surface area contributed by atoms with Gasteiger partial charge >= 0.3 is 0 Å². The minimum absolute atomic E-state index is 0.425. The van der Waals surface area contributed by atoms with Crippen LogP contribution in [0.2, 0.25) is 0 Å². The highest BCUT2D eigenvalue weighted by molar-refractivity contribution is 5.32. The van der Waals surface area contributed by atoms with Crippen LogP contribution < -0.4 is 0 Å². The maximum absolute atomic E-state index is 6.05. The van der Waals surface area contributed by atoms with E-state index >= 15 is 0 Å². The predicted octanol–water partition coefficient (Wildman–Crippen LogP) is 3.48.